The highest BCUT2D eigenvalue weighted by molar-refractivity contribution is 6.17. The molecule has 3 heteroatoms. The van der Waals surface area contributed by atoms with Gasteiger partial charge in [-0.05, 0) is 51.9 Å². The van der Waals surface area contributed by atoms with E-state index in [2.05, 4.69) is 142 Å². The average molecular weight is 522 g/mol. The van der Waals surface area contributed by atoms with Crippen molar-refractivity contribution in [1.29, 1.82) is 0 Å². The lowest BCUT2D eigenvalue weighted by atomic mass is 9.93. The molecule has 0 spiro atoms. The van der Waals surface area contributed by atoms with Crippen molar-refractivity contribution >= 4 is 32.6 Å². The highest BCUT2D eigenvalue weighted by atomic mass is 15.0. The molecule has 9 rings (SSSR count). The van der Waals surface area contributed by atoms with E-state index in [9.17, 15) is 0 Å². The molecule has 0 unspecified atom stereocenters. The summed E-state index contributed by atoms with van der Waals surface area (Å²) in [5.41, 5.74) is 12.8. The van der Waals surface area contributed by atoms with Crippen molar-refractivity contribution in [2.75, 3.05) is 0 Å². The maximum Gasteiger partial charge on any atom is 0.0971 e. The van der Waals surface area contributed by atoms with Crippen molar-refractivity contribution in [1.82, 2.24) is 14.5 Å². The highest BCUT2D eigenvalue weighted by Crippen LogP contribution is 2.47. The van der Waals surface area contributed by atoms with Gasteiger partial charge in [-0.3, -0.25) is 9.97 Å². The molecule has 1 aliphatic carbocycles. The third kappa shape index (κ3) is 3.20. The molecule has 2 aromatic heterocycles. The van der Waals surface area contributed by atoms with Crippen LogP contribution in [-0.2, 0) is 0 Å². The number of aromatic nitrogens is 3. The topological polar surface area (TPSA) is 30.7 Å². The lowest BCUT2D eigenvalue weighted by Gasteiger charge is -2.11. The molecule has 0 saturated carbocycles. The fourth-order valence-corrected chi connectivity index (χ4v) is 6.63. The van der Waals surface area contributed by atoms with Crippen LogP contribution in [0.15, 0.2) is 140 Å². The zero-order valence-electron chi connectivity index (χ0n) is 22.1. The molecule has 0 bridgehead atoms. The molecule has 41 heavy (non-hydrogen) atoms. The first kappa shape index (κ1) is 22.3. The second kappa shape index (κ2) is 8.48. The molecule has 0 radical (unpaired) electrons. The van der Waals surface area contributed by atoms with Crippen LogP contribution < -0.4 is 0 Å². The maximum absolute atomic E-state index is 4.63. The van der Waals surface area contributed by atoms with Crippen molar-refractivity contribution in [2.45, 2.75) is 0 Å². The van der Waals surface area contributed by atoms with Crippen molar-refractivity contribution in [3.05, 3.63) is 140 Å². The Kier molecular flexibility index (Phi) is 4.61. The number of hydrogen-bond donors (Lipinski definition) is 0. The smallest absolute Gasteiger partial charge is 0.0971 e. The van der Waals surface area contributed by atoms with Gasteiger partial charge in [-0.2, -0.15) is 0 Å². The van der Waals surface area contributed by atoms with Gasteiger partial charge in [-0.25, -0.2) is 0 Å². The third-order valence-electron chi connectivity index (χ3n) is 8.48. The quantitative estimate of drug-likeness (QED) is 0.232. The van der Waals surface area contributed by atoms with Crippen LogP contribution >= 0.6 is 0 Å². The number of benzene rings is 6. The summed E-state index contributed by atoms with van der Waals surface area (Å²) in [7, 11) is 0. The van der Waals surface area contributed by atoms with Crippen molar-refractivity contribution < 1.29 is 0 Å². The Hall–Kier alpha value is -5.54. The summed E-state index contributed by atoms with van der Waals surface area (Å²) >= 11 is 0. The van der Waals surface area contributed by atoms with Crippen LogP contribution in [0, 0.1) is 0 Å². The Morgan fingerprint density at radius 2 is 0.902 bits per heavy atom. The molecule has 0 fully saturated rings. The molecule has 0 saturated heterocycles. The molecule has 8 aromatic rings. The van der Waals surface area contributed by atoms with E-state index >= 15 is 0 Å². The Labute approximate surface area is 237 Å². The monoisotopic (exact) mass is 521 g/mol. The van der Waals surface area contributed by atoms with Crippen LogP contribution in [0.25, 0.3) is 83.0 Å². The summed E-state index contributed by atoms with van der Waals surface area (Å²) in [5.74, 6) is 0. The Morgan fingerprint density at radius 3 is 1.56 bits per heavy atom. The second-order valence-corrected chi connectivity index (χ2v) is 10.6. The van der Waals surface area contributed by atoms with Gasteiger partial charge in [0.15, 0.2) is 0 Å². The number of hydrogen-bond acceptors (Lipinski definition) is 2. The molecule has 0 amide bonds. The molecule has 190 valence electrons. The van der Waals surface area contributed by atoms with Crippen LogP contribution in [0.5, 0.6) is 0 Å². The molecule has 0 atom stereocenters. The van der Waals surface area contributed by atoms with E-state index in [0.717, 1.165) is 11.4 Å². The Morgan fingerprint density at radius 1 is 0.390 bits per heavy atom. The van der Waals surface area contributed by atoms with Gasteiger partial charge in [0.05, 0.1) is 22.4 Å². The van der Waals surface area contributed by atoms with Gasteiger partial charge in [-0.15, -0.1) is 0 Å². The van der Waals surface area contributed by atoms with Gasteiger partial charge in [0.25, 0.3) is 0 Å². The predicted molar refractivity (Wildman–Crippen MR) is 169 cm³/mol. The second-order valence-electron chi connectivity index (χ2n) is 10.6. The largest absolute Gasteiger partial charge is 0.309 e. The van der Waals surface area contributed by atoms with Gasteiger partial charge in [0.1, 0.15) is 0 Å². The lowest BCUT2D eigenvalue weighted by molar-refractivity contribution is 1.18. The third-order valence-corrected chi connectivity index (χ3v) is 8.48. The summed E-state index contributed by atoms with van der Waals surface area (Å²) in [6.07, 6.45) is 3.55. The first-order valence-electron chi connectivity index (χ1n) is 13.9. The number of para-hydroxylation sites is 2. The summed E-state index contributed by atoms with van der Waals surface area (Å²) < 4.78 is 2.36. The molecule has 2 heterocycles. The van der Waals surface area contributed by atoms with Gasteiger partial charge >= 0.3 is 0 Å². The number of fused-ring (bicyclic) bond motifs is 6. The van der Waals surface area contributed by atoms with Crippen molar-refractivity contribution in [2.24, 2.45) is 0 Å². The van der Waals surface area contributed by atoms with E-state index in [0.29, 0.717) is 0 Å². The fourth-order valence-electron chi connectivity index (χ4n) is 6.63. The first-order valence-corrected chi connectivity index (χ1v) is 13.9. The Balaban J connectivity index is 1.09. The van der Waals surface area contributed by atoms with E-state index in [-0.39, 0.29) is 0 Å². The summed E-state index contributed by atoms with van der Waals surface area (Å²) in [5, 5.41) is 5.04. The van der Waals surface area contributed by atoms with Crippen LogP contribution in [0.4, 0.5) is 0 Å². The molecule has 0 N–H and O–H groups in total. The minimum atomic E-state index is 0.977. The first-order chi connectivity index (χ1) is 20.3. The van der Waals surface area contributed by atoms with Crippen LogP contribution in [-0.4, -0.2) is 14.5 Å². The molecule has 3 nitrogen and oxygen atoms in total. The average Bonchev–Trinajstić information content (AvgIpc) is 3.56. The SMILES string of the molecule is c1cc2c3c(ccc(-c4ccc(-c5ccc(-n6c7ccccc7c7ccccc76)cc5)cc4)c3c1)-c1nccnc1-2. The number of nitrogens with zero attached hydrogens (tertiary/aromatic N) is 3. The van der Waals surface area contributed by atoms with Gasteiger partial charge in [-0.1, -0.05) is 103 Å². The van der Waals surface area contributed by atoms with Gasteiger partial charge in [0, 0.05) is 45.4 Å². The lowest BCUT2D eigenvalue weighted by Crippen LogP contribution is -1.93. The summed E-state index contributed by atoms with van der Waals surface area (Å²) in [6.45, 7) is 0. The van der Waals surface area contributed by atoms with E-state index in [1.807, 2.05) is 0 Å². The summed E-state index contributed by atoms with van der Waals surface area (Å²) in [4.78, 5) is 9.27. The molecule has 6 aromatic carbocycles. The van der Waals surface area contributed by atoms with E-state index in [4.69, 9.17) is 0 Å². The van der Waals surface area contributed by atoms with E-state index in [1.165, 1.54) is 71.6 Å². The molecule has 1 aliphatic rings. The van der Waals surface area contributed by atoms with Crippen molar-refractivity contribution in [3.63, 3.8) is 0 Å². The van der Waals surface area contributed by atoms with Crippen LogP contribution in [0.3, 0.4) is 0 Å². The molecular formula is C38H23N3. The van der Waals surface area contributed by atoms with Crippen LogP contribution in [0.2, 0.25) is 0 Å². The normalized spacial score (nSPS) is 11.9. The van der Waals surface area contributed by atoms with Gasteiger partial charge < -0.3 is 4.57 Å². The van der Waals surface area contributed by atoms with E-state index < -0.39 is 0 Å². The van der Waals surface area contributed by atoms with Crippen LogP contribution in [0.1, 0.15) is 0 Å². The minimum Gasteiger partial charge on any atom is -0.309 e. The fraction of sp³-hybridized carbons (Fsp3) is 0. The minimum absolute atomic E-state index is 0.977. The van der Waals surface area contributed by atoms with E-state index in [1.54, 1.807) is 12.4 Å². The molecular weight excluding hydrogens is 498 g/mol. The van der Waals surface area contributed by atoms with Gasteiger partial charge in [0.2, 0.25) is 0 Å². The zero-order valence-corrected chi connectivity index (χ0v) is 22.1. The molecule has 0 aliphatic heterocycles. The zero-order chi connectivity index (χ0) is 26.9. The number of rotatable bonds is 3. The summed E-state index contributed by atoms with van der Waals surface area (Å²) in [6, 6.07) is 46.0. The standard InChI is InChI=1S/C38H23N3/c1-3-10-34-29(6-1)30-7-2-4-11-35(30)41(34)27-18-16-25(17-19-27)24-12-14-26(15-13-24)28-20-21-33-36-31(28)8-5-9-32(36)37-38(33)40-23-22-39-37/h1-23H. The highest BCUT2D eigenvalue weighted by Gasteiger charge is 2.24. The van der Waals surface area contributed by atoms with Crippen molar-refractivity contribution in [3.8, 4) is 50.5 Å². The maximum atomic E-state index is 4.63. The predicted octanol–water partition coefficient (Wildman–Crippen LogP) is 9.71. The Bertz CT molecular complexity index is 2210.